The Morgan fingerprint density at radius 2 is 1.30 bits per heavy atom. The van der Waals surface area contributed by atoms with E-state index in [9.17, 15) is 4.79 Å². The number of amides is 1. The van der Waals surface area contributed by atoms with Crippen molar-refractivity contribution in [3.05, 3.63) is 62.2 Å². The second-order valence-electron chi connectivity index (χ2n) is 5.96. The lowest BCUT2D eigenvalue weighted by molar-refractivity contribution is 0.101. The van der Waals surface area contributed by atoms with Crippen molar-refractivity contribution in [3.63, 3.8) is 0 Å². The molecule has 0 aliphatic carbocycles. The molecule has 0 unspecified atom stereocenters. The predicted octanol–water partition coefficient (Wildman–Crippen LogP) is 8.47. The van der Waals surface area contributed by atoms with Gasteiger partial charge >= 0.3 is 0 Å². The van der Waals surface area contributed by atoms with Gasteiger partial charge in [0.25, 0.3) is 5.91 Å². The van der Waals surface area contributed by atoms with Crippen LogP contribution in [0.5, 0.6) is 0 Å². The fourth-order valence-electron chi connectivity index (χ4n) is 3.46. The minimum atomic E-state index is -0.112. The molecule has 3 aromatic rings. The Hall–Kier alpha value is -0.0600. The first-order chi connectivity index (χ1) is 12.8. The highest BCUT2D eigenvalue weighted by molar-refractivity contribution is 9.15. The van der Waals surface area contributed by atoms with Crippen LogP contribution in [0.25, 0.3) is 10.8 Å². The maximum Gasteiger partial charge on any atom is 0.266 e. The zero-order valence-electron chi connectivity index (χ0n) is 12.9. The standard InChI is InChI=1S/C18H4Br6N2O/c19-5-1-3-7-10-8(4-2-6(20)9(5)10)26-17(25-7)11-12(18(26)27)14(22)16(24)15(23)13(11)21/h1-4H. The molecule has 0 atom stereocenters. The van der Waals surface area contributed by atoms with E-state index in [2.05, 4.69) is 95.6 Å². The van der Waals surface area contributed by atoms with Crippen LogP contribution < -0.4 is 4.90 Å². The van der Waals surface area contributed by atoms with Crippen LogP contribution in [0, 0.1) is 0 Å². The summed E-state index contributed by atoms with van der Waals surface area (Å²) in [6.07, 6.45) is 0. The van der Waals surface area contributed by atoms with Crippen LogP contribution in [0.15, 0.2) is 56.1 Å². The van der Waals surface area contributed by atoms with E-state index in [1.807, 2.05) is 24.3 Å². The van der Waals surface area contributed by atoms with Gasteiger partial charge in [0.05, 0.1) is 16.9 Å². The third kappa shape index (κ3) is 2.45. The monoisotopic (exact) mass is 738 g/mol. The van der Waals surface area contributed by atoms with E-state index >= 15 is 0 Å². The molecule has 5 rings (SSSR count). The highest BCUT2D eigenvalue weighted by atomic mass is 79.9. The van der Waals surface area contributed by atoms with Gasteiger partial charge in [-0.3, -0.25) is 9.69 Å². The highest BCUT2D eigenvalue weighted by Crippen LogP contribution is 2.51. The van der Waals surface area contributed by atoms with Crippen molar-refractivity contribution < 1.29 is 4.79 Å². The average molecular weight is 744 g/mol. The Bertz CT molecular complexity index is 1260. The van der Waals surface area contributed by atoms with E-state index in [1.165, 1.54) is 0 Å². The number of benzene rings is 3. The third-order valence-electron chi connectivity index (χ3n) is 4.60. The van der Waals surface area contributed by atoms with E-state index < -0.39 is 0 Å². The maximum absolute atomic E-state index is 13.4. The summed E-state index contributed by atoms with van der Waals surface area (Å²) in [6, 6.07) is 7.85. The number of halogens is 6. The normalized spacial score (nSPS) is 14.5. The van der Waals surface area contributed by atoms with Gasteiger partial charge < -0.3 is 0 Å². The van der Waals surface area contributed by atoms with Crippen LogP contribution in [0.1, 0.15) is 15.9 Å². The first-order valence-corrected chi connectivity index (χ1v) is 12.3. The Morgan fingerprint density at radius 3 is 1.96 bits per heavy atom. The van der Waals surface area contributed by atoms with Crippen molar-refractivity contribution in [2.75, 3.05) is 4.90 Å². The summed E-state index contributed by atoms with van der Waals surface area (Å²) in [7, 11) is 0. The molecule has 3 nitrogen and oxygen atoms in total. The Morgan fingerprint density at radius 1 is 0.704 bits per heavy atom. The Labute approximate surface area is 204 Å². The van der Waals surface area contributed by atoms with Crippen LogP contribution in [0.4, 0.5) is 11.4 Å². The maximum atomic E-state index is 13.4. The molecule has 9 heteroatoms. The van der Waals surface area contributed by atoms with Gasteiger partial charge in [-0.05, 0) is 88.0 Å². The van der Waals surface area contributed by atoms with E-state index in [4.69, 9.17) is 4.99 Å². The van der Waals surface area contributed by atoms with Gasteiger partial charge in [0.1, 0.15) is 5.84 Å². The number of amidine groups is 1. The largest absolute Gasteiger partial charge is 0.268 e. The number of aliphatic imine (C=N–C) groups is 1. The van der Waals surface area contributed by atoms with Crippen LogP contribution in [-0.4, -0.2) is 11.7 Å². The molecule has 0 bridgehead atoms. The molecule has 27 heavy (non-hydrogen) atoms. The molecule has 0 aromatic heterocycles. The van der Waals surface area contributed by atoms with Crippen LogP contribution in [0.3, 0.4) is 0 Å². The number of hydrogen-bond acceptors (Lipinski definition) is 2. The second-order valence-corrected chi connectivity index (χ2v) is 10.8. The van der Waals surface area contributed by atoms with Crippen molar-refractivity contribution in [3.8, 4) is 0 Å². The number of rotatable bonds is 0. The number of hydrogen-bond donors (Lipinski definition) is 0. The van der Waals surface area contributed by atoms with Gasteiger partial charge in [-0.25, -0.2) is 4.99 Å². The molecule has 0 N–H and O–H groups in total. The van der Waals surface area contributed by atoms with Crippen molar-refractivity contribution in [2.45, 2.75) is 0 Å². The summed E-state index contributed by atoms with van der Waals surface area (Å²) in [4.78, 5) is 20.0. The first-order valence-electron chi connectivity index (χ1n) is 7.53. The van der Waals surface area contributed by atoms with Gasteiger partial charge in [-0.15, -0.1) is 0 Å². The summed E-state index contributed by atoms with van der Waals surface area (Å²) in [6.45, 7) is 0. The molecule has 2 heterocycles. The minimum Gasteiger partial charge on any atom is -0.268 e. The molecule has 0 spiro atoms. The summed E-state index contributed by atoms with van der Waals surface area (Å²) in [5, 5.41) is 1.94. The van der Waals surface area contributed by atoms with E-state index in [0.717, 1.165) is 50.1 Å². The molecule has 0 fully saturated rings. The van der Waals surface area contributed by atoms with Crippen LogP contribution >= 0.6 is 95.6 Å². The molecule has 0 saturated heterocycles. The number of nitrogens with zero attached hydrogens (tertiary/aromatic N) is 2. The lowest BCUT2D eigenvalue weighted by Gasteiger charge is -2.25. The van der Waals surface area contributed by atoms with Crippen molar-refractivity contribution in [1.82, 2.24) is 0 Å². The van der Waals surface area contributed by atoms with Crippen LogP contribution in [-0.2, 0) is 0 Å². The third-order valence-corrected chi connectivity index (χ3v) is 10.7. The Kier molecular flexibility index (Phi) is 4.54. The number of carbonyl (C=O) groups excluding carboxylic acids is 1. The molecule has 3 aromatic carbocycles. The lowest BCUT2D eigenvalue weighted by atomic mass is 10.0. The van der Waals surface area contributed by atoms with Gasteiger partial charge in [0.2, 0.25) is 0 Å². The molecular formula is C18H4Br6N2O. The lowest BCUT2D eigenvalue weighted by Crippen LogP contribution is -2.31. The average Bonchev–Trinajstić information content (AvgIpc) is 2.94. The van der Waals surface area contributed by atoms with Crippen molar-refractivity contribution >= 4 is 129 Å². The zero-order chi connectivity index (χ0) is 19.2. The van der Waals surface area contributed by atoms with E-state index in [0.29, 0.717) is 15.9 Å². The van der Waals surface area contributed by atoms with Crippen LogP contribution in [0.2, 0.25) is 0 Å². The predicted molar refractivity (Wildman–Crippen MR) is 130 cm³/mol. The zero-order valence-corrected chi connectivity index (χ0v) is 22.4. The summed E-state index contributed by atoms with van der Waals surface area (Å²) >= 11 is 21.6. The van der Waals surface area contributed by atoms with Gasteiger partial charge in [0, 0.05) is 43.2 Å². The molecule has 134 valence electrons. The number of carbonyl (C=O) groups is 1. The smallest absolute Gasteiger partial charge is 0.266 e. The van der Waals surface area contributed by atoms with E-state index in [-0.39, 0.29) is 5.91 Å². The highest BCUT2D eigenvalue weighted by Gasteiger charge is 2.42. The quantitative estimate of drug-likeness (QED) is 0.168. The molecule has 2 aliphatic rings. The fourth-order valence-corrected chi connectivity index (χ4v) is 7.28. The Balaban J connectivity index is 1.94. The second kappa shape index (κ2) is 6.47. The molecular weight excluding hydrogens is 740 g/mol. The molecule has 0 radical (unpaired) electrons. The summed E-state index contributed by atoms with van der Waals surface area (Å²) < 4.78 is 5.00. The van der Waals surface area contributed by atoms with E-state index in [1.54, 1.807) is 4.90 Å². The SMILES string of the molecule is O=C1c2c(Br)c(Br)c(Br)c(Br)c2C2=Nc3ccc(Br)c4c(Br)ccc(c34)N12. The summed E-state index contributed by atoms with van der Waals surface area (Å²) in [5.41, 5.74) is 3.01. The fraction of sp³-hybridized carbons (Fsp3) is 0. The first kappa shape index (κ1) is 18.9. The minimum absolute atomic E-state index is 0.112. The summed E-state index contributed by atoms with van der Waals surface area (Å²) in [5.74, 6) is 0.507. The number of anilines is 1. The molecule has 2 aliphatic heterocycles. The topological polar surface area (TPSA) is 32.7 Å². The molecule has 1 amide bonds. The number of fused-ring (bicyclic) bond motifs is 4. The van der Waals surface area contributed by atoms with Gasteiger partial charge in [-0.2, -0.15) is 0 Å². The van der Waals surface area contributed by atoms with Gasteiger partial charge in [0.15, 0.2) is 0 Å². The van der Waals surface area contributed by atoms with Crippen molar-refractivity contribution in [2.24, 2.45) is 4.99 Å². The van der Waals surface area contributed by atoms with Crippen molar-refractivity contribution in [1.29, 1.82) is 0 Å². The van der Waals surface area contributed by atoms with Gasteiger partial charge in [-0.1, -0.05) is 31.9 Å². The molecule has 0 saturated carbocycles.